The van der Waals surface area contributed by atoms with E-state index in [0.29, 0.717) is 37.0 Å². The van der Waals surface area contributed by atoms with Gasteiger partial charge in [-0.05, 0) is 49.6 Å². The summed E-state index contributed by atoms with van der Waals surface area (Å²) < 4.78 is 30.2. The van der Waals surface area contributed by atoms with E-state index < -0.39 is 10.0 Å². The van der Waals surface area contributed by atoms with Crippen LogP contribution in [0.2, 0.25) is 0 Å². The van der Waals surface area contributed by atoms with Crippen LogP contribution < -0.4 is 4.90 Å². The van der Waals surface area contributed by atoms with Gasteiger partial charge in [0.2, 0.25) is 16.0 Å². The number of sulfonamides is 1. The van der Waals surface area contributed by atoms with Crippen LogP contribution in [0.15, 0.2) is 53.4 Å². The fourth-order valence-corrected chi connectivity index (χ4v) is 7.00. The minimum Gasteiger partial charge on any atom is -0.339 e. The number of fused-ring (bicyclic) bond motifs is 3. The third-order valence-corrected chi connectivity index (χ3v) is 9.27. The molecule has 6 rings (SSSR count). The molecular formula is C26H30N6O2S. The number of aryl methyl sites for hydroxylation is 1. The molecule has 0 atom stereocenters. The maximum Gasteiger partial charge on any atom is 0.243 e. The summed E-state index contributed by atoms with van der Waals surface area (Å²) in [7, 11) is -3.53. The Balaban J connectivity index is 1.36. The van der Waals surface area contributed by atoms with Gasteiger partial charge >= 0.3 is 0 Å². The molecule has 0 amide bonds. The molecular weight excluding hydrogens is 460 g/mol. The van der Waals surface area contributed by atoms with Crippen LogP contribution in [0.4, 0.5) is 5.95 Å². The quantitative estimate of drug-likeness (QED) is 0.427. The molecule has 8 nitrogen and oxygen atoms in total. The van der Waals surface area contributed by atoms with E-state index in [1.54, 1.807) is 22.5 Å². The van der Waals surface area contributed by atoms with Crippen molar-refractivity contribution >= 4 is 32.5 Å². The van der Waals surface area contributed by atoms with Crippen LogP contribution in [0.25, 0.3) is 16.6 Å². The predicted octanol–water partition coefficient (Wildman–Crippen LogP) is 4.14. The zero-order chi connectivity index (χ0) is 24.0. The van der Waals surface area contributed by atoms with Gasteiger partial charge in [0.25, 0.3) is 0 Å². The summed E-state index contributed by atoms with van der Waals surface area (Å²) in [5.74, 6) is 2.18. The highest BCUT2D eigenvalue weighted by atomic mass is 32.2. The lowest BCUT2D eigenvalue weighted by Crippen LogP contribution is -2.49. The van der Waals surface area contributed by atoms with Crippen molar-refractivity contribution in [3.63, 3.8) is 0 Å². The predicted molar refractivity (Wildman–Crippen MR) is 136 cm³/mol. The van der Waals surface area contributed by atoms with Crippen molar-refractivity contribution in [3.8, 4) is 0 Å². The molecule has 9 heteroatoms. The Labute approximate surface area is 205 Å². The monoisotopic (exact) mass is 490 g/mol. The van der Waals surface area contributed by atoms with Crippen molar-refractivity contribution in [2.24, 2.45) is 0 Å². The molecule has 0 radical (unpaired) electrons. The fourth-order valence-electron chi connectivity index (χ4n) is 5.48. The van der Waals surface area contributed by atoms with Crippen LogP contribution in [0, 0.1) is 6.92 Å². The zero-order valence-electron chi connectivity index (χ0n) is 20.0. The largest absolute Gasteiger partial charge is 0.339 e. The molecule has 0 unspecified atom stereocenters. The number of nitrogens with zero attached hydrogens (tertiary/aromatic N) is 6. The topological polar surface area (TPSA) is 83.7 Å². The van der Waals surface area contributed by atoms with Gasteiger partial charge in [-0.3, -0.25) is 0 Å². The van der Waals surface area contributed by atoms with Crippen LogP contribution in [-0.2, 0) is 10.0 Å². The molecule has 1 aliphatic carbocycles. The summed E-state index contributed by atoms with van der Waals surface area (Å²) in [6.45, 7) is 3.86. The van der Waals surface area contributed by atoms with Crippen LogP contribution >= 0.6 is 0 Å². The van der Waals surface area contributed by atoms with E-state index in [0.717, 1.165) is 46.7 Å². The lowest BCUT2D eigenvalue weighted by atomic mass is 9.89. The van der Waals surface area contributed by atoms with Crippen molar-refractivity contribution in [1.82, 2.24) is 23.9 Å². The first-order valence-corrected chi connectivity index (χ1v) is 13.9. The van der Waals surface area contributed by atoms with Gasteiger partial charge in [0.15, 0.2) is 5.65 Å². The van der Waals surface area contributed by atoms with Crippen molar-refractivity contribution < 1.29 is 8.42 Å². The molecule has 3 heterocycles. The molecule has 2 aliphatic rings. The Hall–Kier alpha value is -3.04. The minimum atomic E-state index is -3.53. The number of hydrogen-bond donors (Lipinski definition) is 0. The molecule has 2 fully saturated rings. The van der Waals surface area contributed by atoms with E-state index >= 15 is 0 Å². The Morgan fingerprint density at radius 1 is 0.886 bits per heavy atom. The summed E-state index contributed by atoms with van der Waals surface area (Å²) in [6, 6.07) is 15.2. The van der Waals surface area contributed by atoms with Crippen molar-refractivity contribution in [3.05, 3.63) is 59.9 Å². The van der Waals surface area contributed by atoms with Gasteiger partial charge in [-0.2, -0.15) is 4.31 Å². The molecule has 1 saturated carbocycles. The van der Waals surface area contributed by atoms with Crippen LogP contribution in [0.5, 0.6) is 0 Å². The molecule has 35 heavy (non-hydrogen) atoms. The molecule has 0 spiro atoms. The van der Waals surface area contributed by atoms with E-state index in [-0.39, 0.29) is 0 Å². The Morgan fingerprint density at radius 2 is 1.66 bits per heavy atom. The lowest BCUT2D eigenvalue weighted by Gasteiger charge is -2.35. The van der Waals surface area contributed by atoms with E-state index in [1.807, 2.05) is 37.3 Å². The highest BCUT2D eigenvalue weighted by molar-refractivity contribution is 7.89. The zero-order valence-corrected chi connectivity index (χ0v) is 20.8. The average molecular weight is 491 g/mol. The third kappa shape index (κ3) is 3.96. The third-order valence-electron chi connectivity index (χ3n) is 7.37. The standard InChI is InChI=1S/C26H30N6O2S/c1-19-8-7-11-21(18-19)35(33,34)31-16-14-30(15-17-31)26-27-23-13-6-5-12-22(23)25-29-28-24(32(25)26)20-9-3-2-4-10-20/h5-8,11-13,18,20H,2-4,9-10,14-17H2,1H3. The van der Waals surface area contributed by atoms with Crippen LogP contribution in [0.1, 0.15) is 49.4 Å². The fraction of sp³-hybridized carbons (Fsp3) is 0.423. The molecule has 4 aromatic rings. The van der Waals surface area contributed by atoms with Crippen LogP contribution in [-0.4, -0.2) is 58.5 Å². The van der Waals surface area contributed by atoms with Crippen molar-refractivity contribution in [2.45, 2.75) is 49.8 Å². The first-order valence-electron chi connectivity index (χ1n) is 12.5. The molecule has 2 aromatic heterocycles. The van der Waals surface area contributed by atoms with Crippen molar-refractivity contribution in [2.75, 3.05) is 31.1 Å². The molecule has 2 aromatic carbocycles. The molecule has 1 aliphatic heterocycles. The van der Waals surface area contributed by atoms with Gasteiger partial charge < -0.3 is 4.90 Å². The number of para-hydroxylation sites is 1. The summed E-state index contributed by atoms with van der Waals surface area (Å²) in [5, 5.41) is 10.3. The van der Waals surface area contributed by atoms with E-state index in [1.165, 1.54) is 19.3 Å². The summed E-state index contributed by atoms with van der Waals surface area (Å²) in [6.07, 6.45) is 5.95. The second-order valence-electron chi connectivity index (χ2n) is 9.69. The summed E-state index contributed by atoms with van der Waals surface area (Å²) in [4.78, 5) is 7.60. The van der Waals surface area contributed by atoms with Crippen LogP contribution in [0.3, 0.4) is 0 Å². The van der Waals surface area contributed by atoms with Gasteiger partial charge in [-0.15, -0.1) is 10.2 Å². The second kappa shape index (κ2) is 8.87. The number of piperazine rings is 1. The van der Waals surface area contributed by atoms with Gasteiger partial charge in [-0.25, -0.2) is 17.8 Å². The molecule has 0 bridgehead atoms. The number of benzene rings is 2. The molecule has 0 N–H and O–H groups in total. The van der Waals surface area contributed by atoms with Gasteiger partial charge in [-0.1, -0.05) is 43.5 Å². The first-order chi connectivity index (χ1) is 17.0. The number of aromatic nitrogens is 4. The van der Waals surface area contributed by atoms with Gasteiger partial charge in [0, 0.05) is 37.5 Å². The van der Waals surface area contributed by atoms with E-state index in [4.69, 9.17) is 4.98 Å². The summed E-state index contributed by atoms with van der Waals surface area (Å²) in [5.41, 5.74) is 2.66. The SMILES string of the molecule is Cc1cccc(S(=O)(=O)N2CCN(c3nc4ccccc4c4nnc(C5CCCCC5)n34)CC2)c1. The highest BCUT2D eigenvalue weighted by Crippen LogP contribution is 2.35. The number of hydrogen-bond acceptors (Lipinski definition) is 6. The number of rotatable bonds is 4. The average Bonchev–Trinajstić information content (AvgIpc) is 3.34. The second-order valence-corrected chi connectivity index (χ2v) is 11.6. The minimum absolute atomic E-state index is 0.357. The molecule has 182 valence electrons. The van der Waals surface area contributed by atoms with E-state index in [2.05, 4.69) is 19.5 Å². The van der Waals surface area contributed by atoms with Gasteiger partial charge in [0.05, 0.1) is 10.4 Å². The molecule has 1 saturated heterocycles. The Morgan fingerprint density at radius 3 is 2.43 bits per heavy atom. The van der Waals surface area contributed by atoms with E-state index in [9.17, 15) is 8.42 Å². The summed E-state index contributed by atoms with van der Waals surface area (Å²) >= 11 is 0. The van der Waals surface area contributed by atoms with Gasteiger partial charge in [0.1, 0.15) is 5.82 Å². The Bertz CT molecular complexity index is 1480. The van der Waals surface area contributed by atoms with Crippen molar-refractivity contribution in [1.29, 1.82) is 0 Å². The first kappa shape index (κ1) is 22.4. The normalized spacial score (nSPS) is 18.5. The maximum atomic E-state index is 13.3. The maximum absolute atomic E-state index is 13.3. The smallest absolute Gasteiger partial charge is 0.243 e. The lowest BCUT2D eigenvalue weighted by molar-refractivity contribution is 0.381. The number of anilines is 1. The Kier molecular flexibility index (Phi) is 5.69. The highest BCUT2D eigenvalue weighted by Gasteiger charge is 2.31.